The maximum atomic E-state index is 13.4. The zero-order valence-electron chi connectivity index (χ0n) is 50.1. The Morgan fingerprint density at radius 2 is 0.602 bits per heavy atom. The van der Waals surface area contributed by atoms with Gasteiger partial charge in [-0.05, 0) is 13.8 Å². The van der Waals surface area contributed by atoms with Crippen LogP contribution in [0.25, 0.3) is 0 Å². The molecule has 540 valence electrons. The molecule has 18 unspecified atom stereocenters. The second kappa shape index (κ2) is 32.6. The summed E-state index contributed by atoms with van der Waals surface area (Å²) >= 11 is 0. The van der Waals surface area contributed by atoms with Crippen LogP contribution in [-0.4, -0.2) is 409 Å². The first-order chi connectivity index (χ1) is 43.9. The van der Waals surface area contributed by atoms with Gasteiger partial charge in [0.05, 0.1) is 51.8 Å². The quantitative estimate of drug-likeness (QED) is 0.0479. The average molecular weight is 1370 g/mol. The monoisotopic (exact) mass is 1360 g/mol. The van der Waals surface area contributed by atoms with E-state index in [0.717, 1.165) is 13.8 Å². The van der Waals surface area contributed by atoms with Crippen molar-refractivity contribution in [2.45, 2.75) is 273 Å². The van der Waals surface area contributed by atoms with Crippen LogP contribution < -0.4 is 10.6 Å². The minimum Gasteiger partial charge on any atom is -0.394 e. The van der Waals surface area contributed by atoms with Crippen LogP contribution in [0.3, 0.4) is 0 Å². The molecule has 0 aromatic carbocycles. The standard InChI is InChI=1S/C52H88N2O39/c1-11-23(63)29(69)34(74)48(79-11)89-40-20(10-60)86-47(22(54-14(4)62)41(40)90-52-44(31(71)25(65)15(5-55)84-52)93-49-35(75)30(70)24(64)12(2)80-49)92-43-27(67)17(7-57)82-50(37(43)77)87-38-19(9-59)85-46(21(28(38)68)53-13(3)61)91-42-26(66)16(6-56)83-51(36(42)76)88-39-18(8-58)81-45(78)33(73)32(39)72/h11-12,15-52,55-60,63-78H,5-10H2,1-4H3,(H,53,61)(H,54,62)/t11?,12?,15?,16?,17?,18?,19?,20?,21?,22?,23-,24-,25+,26+,27+,28-,29?,30+,31+,32-,33?,34?,35?,36?,37?,38-,39-,40-,41-,42+,43+,44?,45?,46+,47+,48+,49+,50+,51+,52+/m1/s1. The maximum Gasteiger partial charge on any atom is 0.217 e. The van der Waals surface area contributed by atoms with Crippen LogP contribution in [0.1, 0.15) is 27.7 Å². The van der Waals surface area contributed by atoms with Crippen LogP contribution in [-0.2, 0) is 80.6 Å². The zero-order valence-corrected chi connectivity index (χ0v) is 50.1. The molecular formula is C52H88N2O39. The highest BCUT2D eigenvalue weighted by atomic mass is 16.8. The van der Waals surface area contributed by atoms with Crippen LogP contribution in [0.4, 0.5) is 0 Å². The number of hydrogen-bond acceptors (Lipinski definition) is 39. The Kier molecular flexibility index (Phi) is 26.7. The molecule has 8 aliphatic heterocycles. The summed E-state index contributed by atoms with van der Waals surface area (Å²) in [4.78, 5) is 26.2. The van der Waals surface area contributed by atoms with Crippen LogP contribution in [0.15, 0.2) is 0 Å². The predicted molar refractivity (Wildman–Crippen MR) is 285 cm³/mol. The van der Waals surface area contributed by atoms with Gasteiger partial charge in [-0.25, -0.2) is 0 Å². The summed E-state index contributed by atoms with van der Waals surface area (Å²) in [6, 6.07) is -3.86. The molecule has 93 heavy (non-hydrogen) atoms. The number of carbonyl (C=O) groups is 2. The minimum atomic E-state index is -2.38. The third-order valence-corrected chi connectivity index (χ3v) is 17.4. The largest absolute Gasteiger partial charge is 0.394 e. The van der Waals surface area contributed by atoms with E-state index in [9.17, 15) is 122 Å². The lowest BCUT2D eigenvalue weighted by atomic mass is 9.93. The van der Waals surface area contributed by atoms with Gasteiger partial charge >= 0.3 is 0 Å². The number of ether oxygens (including phenoxy) is 15. The smallest absolute Gasteiger partial charge is 0.217 e. The lowest BCUT2D eigenvalue weighted by molar-refractivity contribution is -0.401. The molecule has 2 amide bonds. The van der Waals surface area contributed by atoms with Gasteiger partial charge in [0.25, 0.3) is 0 Å². The van der Waals surface area contributed by atoms with E-state index in [2.05, 4.69) is 10.6 Å². The fraction of sp³-hybridized carbons (Fsp3) is 0.962. The number of hydrogen-bond donors (Lipinski definition) is 24. The molecule has 8 rings (SSSR count). The maximum absolute atomic E-state index is 13.4. The van der Waals surface area contributed by atoms with Gasteiger partial charge in [0, 0.05) is 13.8 Å². The lowest BCUT2D eigenvalue weighted by Crippen LogP contribution is -2.72. The van der Waals surface area contributed by atoms with Crippen molar-refractivity contribution in [3.63, 3.8) is 0 Å². The van der Waals surface area contributed by atoms with E-state index in [-0.39, 0.29) is 0 Å². The molecular weight excluding hydrogens is 1280 g/mol. The van der Waals surface area contributed by atoms with Crippen LogP contribution in [0.2, 0.25) is 0 Å². The van der Waals surface area contributed by atoms with Crippen LogP contribution in [0.5, 0.6) is 0 Å². The van der Waals surface area contributed by atoms with Crippen LogP contribution in [0, 0.1) is 0 Å². The Balaban J connectivity index is 1.09. The summed E-state index contributed by atoms with van der Waals surface area (Å²) in [6.07, 6.45) is -74.6. The van der Waals surface area contributed by atoms with Crippen molar-refractivity contribution < 1.29 is 193 Å². The summed E-state index contributed by atoms with van der Waals surface area (Å²) in [7, 11) is 0. The van der Waals surface area contributed by atoms with Crippen molar-refractivity contribution in [3.05, 3.63) is 0 Å². The Bertz CT molecular complexity index is 2350. The fourth-order valence-corrected chi connectivity index (χ4v) is 12.2. The SMILES string of the molecule is CC(=O)NC1[C@H](O[C@@H]2C(O)[C@H](O[C@@H]3C(CO)OC(O)C(O)[C@H]3O)OC(CO)[C@@H]2O)OC(CO)[C@@H](O[C@@H]2OC(CO)[C@H](O)[C@H](O[C@@H]3OC(CO)[C@@H](O[C@@H]4OC(C)[C@@H](O)C(O)C4O)[C@H](O[C@@H]4OC(CO)[C@H](O)[C@H](O)C4O[C@@H]4OC(C)[C@@H](O)[C@H](O)C4O)C3NC(C)=O)C2O)[C@@H]1O. The van der Waals surface area contributed by atoms with Gasteiger partial charge in [-0.1, -0.05) is 0 Å². The first kappa shape index (κ1) is 76.2. The van der Waals surface area contributed by atoms with E-state index in [0.29, 0.717) is 0 Å². The van der Waals surface area contributed by atoms with Crippen molar-refractivity contribution in [3.8, 4) is 0 Å². The third-order valence-electron chi connectivity index (χ3n) is 17.4. The number of nitrogens with one attached hydrogen (secondary N) is 2. The Hall–Kier alpha value is -2.54. The molecule has 8 fully saturated rings. The summed E-state index contributed by atoms with van der Waals surface area (Å²) in [5, 5.41) is 245. The lowest BCUT2D eigenvalue weighted by Gasteiger charge is -2.52. The van der Waals surface area contributed by atoms with Gasteiger partial charge in [0.15, 0.2) is 50.3 Å². The molecule has 8 aliphatic rings. The molecule has 41 nitrogen and oxygen atoms in total. The molecule has 0 aromatic heterocycles. The Labute approximate surface area is 527 Å². The third kappa shape index (κ3) is 16.2. The van der Waals surface area contributed by atoms with Crippen molar-refractivity contribution in [1.82, 2.24) is 10.6 Å². The summed E-state index contributed by atoms with van der Waals surface area (Å²) in [5.41, 5.74) is 0. The fourth-order valence-electron chi connectivity index (χ4n) is 12.2. The van der Waals surface area contributed by atoms with Crippen LogP contribution >= 0.6 is 0 Å². The van der Waals surface area contributed by atoms with Gasteiger partial charge in [-0.15, -0.1) is 0 Å². The first-order valence-electron chi connectivity index (χ1n) is 29.9. The molecule has 8 saturated heterocycles. The first-order valence-corrected chi connectivity index (χ1v) is 29.9. The van der Waals surface area contributed by atoms with E-state index in [1.807, 2.05) is 0 Å². The molecule has 0 aromatic rings. The summed E-state index contributed by atoms with van der Waals surface area (Å²) in [5.74, 6) is -1.88. The van der Waals surface area contributed by atoms with Gasteiger partial charge in [0.1, 0.15) is 183 Å². The van der Waals surface area contributed by atoms with Gasteiger partial charge in [0.2, 0.25) is 11.8 Å². The Morgan fingerprint density at radius 3 is 1.05 bits per heavy atom. The summed E-state index contributed by atoms with van der Waals surface area (Å²) < 4.78 is 88.1. The number of aliphatic hydroxyl groups excluding tert-OH is 22. The van der Waals surface area contributed by atoms with E-state index in [1.165, 1.54) is 13.8 Å². The van der Waals surface area contributed by atoms with Crippen molar-refractivity contribution >= 4 is 11.8 Å². The van der Waals surface area contributed by atoms with E-state index < -0.39 is 297 Å². The Morgan fingerprint density at radius 1 is 0.280 bits per heavy atom. The molecule has 0 spiro atoms. The number of amides is 2. The normalized spacial score (nSPS) is 51.6. The molecule has 40 atom stereocenters. The molecule has 8 heterocycles. The number of rotatable bonds is 22. The van der Waals surface area contributed by atoms with Gasteiger partial charge in [-0.3, -0.25) is 9.59 Å². The average Bonchev–Trinajstić information content (AvgIpc) is 0.803. The molecule has 0 bridgehead atoms. The van der Waals surface area contributed by atoms with E-state index in [1.54, 1.807) is 0 Å². The highest BCUT2D eigenvalue weighted by Gasteiger charge is 2.61. The second-order valence-electron chi connectivity index (χ2n) is 23.8. The minimum absolute atomic E-state index is 0.911. The molecule has 0 saturated carbocycles. The molecule has 0 aliphatic carbocycles. The second-order valence-corrected chi connectivity index (χ2v) is 23.8. The topological polar surface area (TPSA) is 642 Å². The van der Waals surface area contributed by atoms with E-state index in [4.69, 9.17) is 71.1 Å². The highest BCUT2D eigenvalue weighted by molar-refractivity contribution is 5.73. The van der Waals surface area contributed by atoms with E-state index >= 15 is 0 Å². The molecule has 41 heteroatoms. The zero-order chi connectivity index (χ0) is 68.5. The highest BCUT2D eigenvalue weighted by Crippen LogP contribution is 2.40. The molecule has 0 radical (unpaired) electrons. The number of aliphatic hydroxyl groups is 22. The predicted octanol–water partition coefficient (Wildman–Crippen LogP) is -16.1. The van der Waals surface area contributed by atoms with Crippen molar-refractivity contribution in [1.29, 1.82) is 0 Å². The number of carbonyl (C=O) groups excluding carboxylic acids is 2. The summed E-state index contributed by atoms with van der Waals surface area (Å²) in [6.45, 7) is -1.95. The van der Waals surface area contributed by atoms with Crippen molar-refractivity contribution in [2.75, 3.05) is 39.6 Å². The van der Waals surface area contributed by atoms with Crippen molar-refractivity contribution in [2.24, 2.45) is 0 Å². The van der Waals surface area contributed by atoms with Gasteiger partial charge < -0.3 is 194 Å². The molecule has 24 N–H and O–H groups in total. The van der Waals surface area contributed by atoms with Gasteiger partial charge in [-0.2, -0.15) is 0 Å².